The van der Waals surface area contributed by atoms with E-state index >= 15 is 0 Å². The Morgan fingerprint density at radius 1 is 0.275 bits per heavy atom. The van der Waals surface area contributed by atoms with Crippen LogP contribution in [0.2, 0.25) is 0 Å². The molecule has 0 aromatic heterocycles. The molecule has 40 heavy (non-hydrogen) atoms. The summed E-state index contributed by atoms with van der Waals surface area (Å²) in [5.74, 6) is 0. The third-order valence-electron chi connectivity index (χ3n) is 8.89. The molecule has 0 N–H and O–H groups in total. The summed E-state index contributed by atoms with van der Waals surface area (Å²) in [6.45, 7) is 4.36. The lowest BCUT2D eigenvalue weighted by Crippen LogP contribution is -1.88. The molecule has 0 radical (unpaired) electrons. The highest BCUT2D eigenvalue weighted by atomic mass is 14.2. The fraction of sp³-hybridized carbons (Fsp3) is 0.0500. The van der Waals surface area contributed by atoms with E-state index in [-0.39, 0.29) is 0 Å². The lowest BCUT2D eigenvalue weighted by atomic mass is 9.89. The molecule has 0 spiro atoms. The van der Waals surface area contributed by atoms with Crippen LogP contribution < -0.4 is 0 Å². The first-order chi connectivity index (χ1) is 19.6. The molecule has 186 valence electrons. The normalized spacial score (nSPS) is 12.2. The lowest BCUT2D eigenvalue weighted by molar-refractivity contribution is 1.52. The second kappa shape index (κ2) is 7.81. The Bertz CT molecular complexity index is 2140. The van der Waals surface area contributed by atoms with E-state index in [0.717, 1.165) is 0 Å². The zero-order valence-electron chi connectivity index (χ0n) is 22.5. The van der Waals surface area contributed by atoms with E-state index in [0.29, 0.717) is 0 Å². The lowest BCUT2D eigenvalue weighted by Gasteiger charge is -2.15. The van der Waals surface area contributed by atoms with Crippen molar-refractivity contribution >= 4 is 64.6 Å². The van der Waals surface area contributed by atoms with E-state index in [1.54, 1.807) is 0 Å². The predicted molar refractivity (Wildman–Crippen MR) is 174 cm³/mol. The Morgan fingerprint density at radius 3 is 0.850 bits per heavy atom. The molecule has 0 amide bonds. The van der Waals surface area contributed by atoms with Crippen LogP contribution in [0.25, 0.3) is 86.9 Å². The maximum atomic E-state index is 2.36. The van der Waals surface area contributed by atoms with Gasteiger partial charge in [-0.15, -0.1) is 0 Å². The second-order valence-corrected chi connectivity index (χ2v) is 11.6. The summed E-state index contributed by atoms with van der Waals surface area (Å²) in [5.41, 5.74) is 7.64. The van der Waals surface area contributed by atoms with Crippen molar-refractivity contribution in [3.63, 3.8) is 0 Å². The van der Waals surface area contributed by atoms with E-state index in [1.807, 2.05) is 0 Å². The summed E-state index contributed by atoms with van der Waals surface area (Å²) < 4.78 is 0. The zero-order valence-corrected chi connectivity index (χ0v) is 22.5. The molecule has 0 bridgehead atoms. The molecule has 0 unspecified atom stereocenters. The summed E-state index contributed by atoms with van der Waals surface area (Å²) in [6.07, 6.45) is 0. The van der Waals surface area contributed by atoms with Gasteiger partial charge in [0.1, 0.15) is 0 Å². The first kappa shape index (κ1) is 21.9. The molecule has 9 rings (SSSR count). The van der Waals surface area contributed by atoms with Crippen molar-refractivity contribution in [1.29, 1.82) is 0 Å². The van der Waals surface area contributed by atoms with E-state index in [9.17, 15) is 0 Å². The third kappa shape index (κ3) is 3.08. The van der Waals surface area contributed by atoms with Gasteiger partial charge in [0, 0.05) is 0 Å². The predicted octanol–water partition coefficient (Wildman–Crippen LogP) is 11.4. The fourth-order valence-corrected chi connectivity index (χ4v) is 7.20. The number of hydrogen-bond acceptors (Lipinski definition) is 0. The maximum absolute atomic E-state index is 2.36. The molecule has 0 nitrogen and oxygen atoms in total. The molecule has 0 saturated heterocycles. The number of rotatable bonds is 2. The van der Waals surface area contributed by atoms with E-state index in [2.05, 4.69) is 135 Å². The van der Waals surface area contributed by atoms with Gasteiger partial charge in [0.05, 0.1) is 0 Å². The van der Waals surface area contributed by atoms with Crippen LogP contribution in [0.5, 0.6) is 0 Å². The van der Waals surface area contributed by atoms with Gasteiger partial charge in [-0.1, -0.05) is 91.0 Å². The molecule has 0 heterocycles. The zero-order chi connectivity index (χ0) is 26.5. The number of benzene rings is 9. The minimum absolute atomic E-state index is 1.25. The summed E-state index contributed by atoms with van der Waals surface area (Å²) in [5, 5.41) is 16.0. The molecule has 0 heteroatoms. The highest BCUT2D eigenvalue weighted by Gasteiger charge is 2.13. The number of hydrogen-bond donors (Lipinski definition) is 0. The van der Waals surface area contributed by atoms with Crippen molar-refractivity contribution in [2.24, 2.45) is 0 Å². The SMILES string of the molecule is Cc1cc2ccc3cc(-c4cccc(-c5cc6ccc7cc(C)cc8ccc(c5)c6c78)c4)cc4ccc(c1)c2c34. The largest absolute Gasteiger partial charge is 0.0610 e. The molecule has 0 atom stereocenters. The molecule has 0 saturated carbocycles. The van der Waals surface area contributed by atoms with Crippen molar-refractivity contribution in [1.82, 2.24) is 0 Å². The van der Waals surface area contributed by atoms with Crippen LogP contribution in [-0.4, -0.2) is 0 Å². The van der Waals surface area contributed by atoms with Gasteiger partial charge in [0.15, 0.2) is 0 Å². The molecule has 0 fully saturated rings. The fourth-order valence-electron chi connectivity index (χ4n) is 7.20. The van der Waals surface area contributed by atoms with Crippen LogP contribution in [0.1, 0.15) is 11.1 Å². The van der Waals surface area contributed by atoms with Crippen LogP contribution >= 0.6 is 0 Å². The molecule has 0 aliphatic rings. The van der Waals surface area contributed by atoms with E-state index < -0.39 is 0 Å². The minimum Gasteiger partial charge on any atom is -0.0610 e. The smallest absolute Gasteiger partial charge is 0.00264 e. The Hall–Kier alpha value is -4.94. The van der Waals surface area contributed by atoms with Crippen LogP contribution in [0.15, 0.2) is 121 Å². The van der Waals surface area contributed by atoms with Gasteiger partial charge in [-0.05, 0) is 142 Å². The molecule has 0 aliphatic heterocycles. The van der Waals surface area contributed by atoms with Gasteiger partial charge in [-0.3, -0.25) is 0 Å². The van der Waals surface area contributed by atoms with Gasteiger partial charge in [-0.2, -0.15) is 0 Å². The van der Waals surface area contributed by atoms with Crippen molar-refractivity contribution < 1.29 is 0 Å². The first-order valence-electron chi connectivity index (χ1n) is 14.1. The quantitative estimate of drug-likeness (QED) is 0.205. The molecule has 0 aliphatic carbocycles. The van der Waals surface area contributed by atoms with Crippen LogP contribution in [0.3, 0.4) is 0 Å². The van der Waals surface area contributed by atoms with Gasteiger partial charge >= 0.3 is 0 Å². The van der Waals surface area contributed by atoms with Crippen molar-refractivity contribution in [3.8, 4) is 22.3 Å². The average molecular weight is 507 g/mol. The maximum Gasteiger partial charge on any atom is -0.00264 e. The van der Waals surface area contributed by atoms with Crippen molar-refractivity contribution in [3.05, 3.63) is 132 Å². The molecule has 9 aromatic rings. The second-order valence-electron chi connectivity index (χ2n) is 11.6. The minimum atomic E-state index is 1.25. The third-order valence-corrected chi connectivity index (χ3v) is 8.89. The highest BCUT2D eigenvalue weighted by Crippen LogP contribution is 2.40. The Balaban J connectivity index is 1.22. The summed E-state index contributed by atoms with van der Waals surface area (Å²) in [4.78, 5) is 0. The van der Waals surface area contributed by atoms with Crippen molar-refractivity contribution in [2.75, 3.05) is 0 Å². The first-order valence-corrected chi connectivity index (χ1v) is 14.1. The van der Waals surface area contributed by atoms with Gasteiger partial charge in [-0.25, -0.2) is 0 Å². The van der Waals surface area contributed by atoms with Crippen LogP contribution in [0.4, 0.5) is 0 Å². The Morgan fingerprint density at radius 2 is 0.550 bits per heavy atom. The average Bonchev–Trinajstić information content (AvgIpc) is 2.97. The Kier molecular flexibility index (Phi) is 4.28. The summed E-state index contributed by atoms with van der Waals surface area (Å²) >= 11 is 0. The standard InChI is InChI=1S/C40H26/c1-23-14-27-6-10-31-19-35(20-32-11-7-28(15-23)37(27)39(31)32)25-4-3-5-26(18-25)36-21-33-12-8-29-16-24(2)17-30-9-13-34(22-36)40(33)38(29)30/h3-22H,1-2H3. The summed E-state index contributed by atoms with van der Waals surface area (Å²) in [6, 6.07) is 46.0. The van der Waals surface area contributed by atoms with Gasteiger partial charge in [0.25, 0.3) is 0 Å². The molecular formula is C40H26. The topological polar surface area (TPSA) is 0 Å². The van der Waals surface area contributed by atoms with Gasteiger partial charge in [0.2, 0.25) is 0 Å². The number of aryl methyl sites for hydroxylation is 2. The van der Waals surface area contributed by atoms with E-state index in [4.69, 9.17) is 0 Å². The van der Waals surface area contributed by atoms with Crippen LogP contribution in [-0.2, 0) is 0 Å². The molecular weight excluding hydrogens is 480 g/mol. The summed E-state index contributed by atoms with van der Waals surface area (Å²) in [7, 11) is 0. The van der Waals surface area contributed by atoms with Gasteiger partial charge < -0.3 is 0 Å². The monoisotopic (exact) mass is 506 g/mol. The highest BCUT2D eigenvalue weighted by molar-refractivity contribution is 6.25. The van der Waals surface area contributed by atoms with E-state index in [1.165, 1.54) is 98.0 Å². The Labute approximate surface area is 232 Å². The molecule has 9 aromatic carbocycles. The van der Waals surface area contributed by atoms with Crippen LogP contribution in [0, 0.1) is 13.8 Å². The van der Waals surface area contributed by atoms with Crippen molar-refractivity contribution in [2.45, 2.75) is 13.8 Å².